The first kappa shape index (κ1) is 13.6. The molecule has 1 aliphatic heterocycles. The van der Waals surface area contributed by atoms with Crippen LogP contribution in [0, 0.1) is 0 Å². The zero-order valence-electron chi connectivity index (χ0n) is 12.1. The molecule has 0 radical (unpaired) electrons. The van der Waals surface area contributed by atoms with Gasteiger partial charge in [0.25, 0.3) is 0 Å². The molecule has 1 aromatic rings. The summed E-state index contributed by atoms with van der Waals surface area (Å²) in [6.45, 7) is 3.61. The van der Waals surface area contributed by atoms with Gasteiger partial charge in [-0.1, -0.05) is 6.92 Å². The molecule has 4 heteroatoms. The average Bonchev–Trinajstić information content (AvgIpc) is 2.93. The van der Waals surface area contributed by atoms with Crippen LogP contribution in [0.4, 0.5) is 0 Å². The lowest BCUT2D eigenvalue weighted by Gasteiger charge is -2.30. The van der Waals surface area contributed by atoms with Crippen LogP contribution in [0.2, 0.25) is 0 Å². The Bertz CT molecular complexity index is 449. The molecule has 1 fully saturated rings. The zero-order valence-corrected chi connectivity index (χ0v) is 12.1. The summed E-state index contributed by atoms with van der Waals surface area (Å²) in [4.78, 5) is 0. The topological polar surface area (TPSA) is 39.7 Å². The molecule has 1 N–H and O–H groups in total. The smallest absolute Gasteiger partial charge is 0.231 e. The van der Waals surface area contributed by atoms with E-state index < -0.39 is 0 Å². The molecule has 1 saturated carbocycles. The Labute approximate surface area is 120 Å². The van der Waals surface area contributed by atoms with Crippen molar-refractivity contribution < 1.29 is 14.2 Å². The van der Waals surface area contributed by atoms with Crippen LogP contribution in [0.25, 0.3) is 0 Å². The number of hydrogen-bond donors (Lipinski definition) is 1. The Hall–Kier alpha value is -1.42. The van der Waals surface area contributed by atoms with E-state index in [4.69, 9.17) is 14.2 Å². The van der Waals surface area contributed by atoms with E-state index >= 15 is 0 Å². The second kappa shape index (κ2) is 6.35. The average molecular weight is 277 g/mol. The van der Waals surface area contributed by atoms with Gasteiger partial charge in [-0.3, -0.25) is 0 Å². The standard InChI is InChI=1S/C16H23NO3/c1-2-8-17-12-4-3-5-13(9-12)20-14-6-7-15-16(10-14)19-11-18-15/h6-7,10,12-13,17H,2-5,8-9,11H2,1H3. The minimum Gasteiger partial charge on any atom is -0.490 e. The van der Waals surface area contributed by atoms with E-state index in [0.717, 1.165) is 36.6 Å². The molecule has 2 unspecified atom stereocenters. The third-order valence-electron chi connectivity index (χ3n) is 3.96. The Morgan fingerprint density at radius 2 is 2.15 bits per heavy atom. The van der Waals surface area contributed by atoms with E-state index in [-0.39, 0.29) is 0 Å². The van der Waals surface area contributed by atoms with Crippen LogP contribution in [-0.2, 0) is 0 Å². The molecule has 2 atom stereocenters. The first-order valence-corrected chi connectivity index (χ1v) is 7.65. The van der Waals surface area contributed by atoms with Crippen LogP contribution in [-0.4, -0.2) is 25.5 Å². The highest BCUT2D eigenvalue weighted by atomic mass is 16.7. The van der Waals surface area contributed by atoms with Crippen LogP contribution in [0.15, 0.2) is 18.2 Å². The molecule has 20 heavy (non-hydrogen) atoms. The molecule has 3 rings (SSSR count). The fourth-order valence-corrected chi connectivity index (χ4v) is 2.93. The fraction of sp³-hybridized carbons (Fsp3) is 0.625. The molecule has 1 aliphatic carbocycles. The third kappa shape index (κ3) is 3.18. The predicted molar refractivity (Wildman–Crippen MR) is 77.5 cm³/mol. The van der Waals surface area contributed by atoms with E-state index in [0.29, 0.717) is 18.9 Å². The van der Waals surface area contributed by atoms with Gasteiger partial charge >= 0.3 is 0 Å². The van der Waals surface area contributed by atoms with Crippen molar-refractivity contribution in [1.29, 1.82) is 0 Å². The third-order valence-corrected chi connectivity index (χ3v) is 3.96. The van der Waals surface area contributed by atoms with Gasteiger partial charge in [0.05, 0.1) is 0 Å². The zero-order chi connectivity index (χ0) is 13.8. The van der Waals surface area contributed by atoms with E-state index in [1.165, 1.54) is 19.3 Å². The number of benzene rings is 1. The molecule has 0 spiro atoms. The summed E-state index contributed by atoms with van der Waals surface area (Å²) in [7, 11) is 0. The quantitative estimate of drug-likeness (QED) is 0.897. The fourth-order valence-electron chi connectivity index (χ4n) is 2.93. The highest BCUT2D eigenvalue weighted by Gasteiger charge is 2.23. The Kier molecular flexibility index (Phi) is 4.31. The molecule has 0 saturated heterocycles. The van der Waals surface area contributed by atoms with E-state index in [1.807, 2.05) is 18.2 Å². The Balaban J connectivity index is 1.57. The van der Waals surface area contributed by atoms with Gasteiger partial charge in [0, 0.05) is 12.1 Å². The van der Waals surface area contributed by atoms with Gasteiger partial charge in [-0.05, 0) is 50.8 Å². The minimum atomic E-state index is 0.304. The van der Waals surface area contributed by atoms with Gasteiger partial charge in [-0.2, -0.15) is 0 Å². The van der Waals surface area contributed by atoms with Crippen molar-refractivity contribution in [3.8, 4) is 17.2 Å². The van der Waals surface area contributed by atoms with Crippen LogP contribution in [0.3, 0.4) is 0 Å². The lowest BCUT2D eigenvalue weighted by Crippen LogP contribution is -2.38. The largest absolute Gasteiger partial charge is 0.490 e. The molecule has 110 valence electrons. The monoisotopic (exact) mass is 277 g/mol. The van der Waals surface area contributed by atoms with Crippen LogP contribution >= 0.6 is 0 Å². The second-order valence-corrected chi connectivity index (χ2v) is 5.57. The molecule has 2 aliphatic rings. The van der Waals surface area contributed by atoms with Gasteiger partial charge in [0.2, 0.25) is 6.79 Å². The van der Waals surface area contributed by atoms with Gasteiger partial charge in [-0.25, -0.2) is 0 Å². The van der Waals surface area contributed by atoms with Crippen molar-refractivity contribution in [2.75, 3.05) is 13.3 Å². The lowest BCUT2D eigenvalue weighted by atomic mass is 9.92. The molecule has 4 nitrogen and oxygen atoms in total. The van der Waals surface area contributed by atoms with Crippen molar-refractivity contribution >= 4 is 0 Å². The summed E-state index contributed by atoms with van der Waals surface area (Å²) in [5.41, 5.74) is 0. The van der Waals surface area contributed by atoms with Gasteiger partial charge in [0.1, 0.15) is 11.9 Å². The van der Waals surface area contributed by atoms with E-state index in [2.05, 4.69) is 12.2 Å². The lowest BCUT2D eigenvalue weighted by molar-refractivity contribution is 0.134. The van der Waals surface area contributed by atoms with Crippen LogP contribution < -0.4 is 19.5 Å². The molecular formula is C16H23NO3. The van der Waals surface area contributed by atoms with Crippen LogP contribution in [0.5, 0.6) is 17.2 Å². The summed E-state index contributed by atoms with van der Waals surface area (Å²) >= 11 is 0. The maximum atomic E-state index is 6.12. The van der Waals surface area contributed by atoms with Gasteiger partial charge in [-0.15, -0.1) is 0 Å². The van der Waals surface area contributed by atoms with Crippen molar-refractivity contribution in [3.63, 3.8) is 0 Å². The predicted octanol–water partition coefficient (Wildman–Crippen LogP) is 3.10. The summed E-state index contributed by atoms with van der Waals surface area (Å²) in [6.07, 6.45) is 6.22. The molecule has 1 heterocycles. The Morgan fingerprint density at radius 3 is 3.05 bits per heavy atom. The summed E-state index contributed by atoms with van der Waals surface area (Å²) in [6, 6.07) is 6.43. The Morgan fingerprint density at radius 1 is 1.25 bits per heavy atom. The maximum Gasteiger partial charge on any atom is 0.231 e. The second-order valence-electron chi connectivity index (χ2n) is 5.57. The summed E-state index contributed by atoms with van der Waals surface area (Å²) in [5, 5.41) is 3.60. The molecular weight excluding hydrogens is 254 g/mol. The maximum absolute atomic E-state index is 6.12. The van der Waals surface area contributed by atoms with E-state index in [1.54, 1.807) is 0 Å². The highest BCUT2D eigenvalue weighted by molar-refractivity contribution is 5.46. The van der Waals surface area contributed by atoms with Crippen molar-refractivity contribution in [2.45, 2.75) is 51.2 Å². The summed E-state index contributed by atoms with van der Waals surface area (Å²) < 4.78 is 16.8. The first-order chi connectivity index (χ1) is 9.85. The van der Waals surface area contributed by atoms with Gasteiger partial charge < -0.3 is 19.5 Å². The van der Waals surface area contributed by atoms with Gasteiger partial charge in [0.15, 0.2) is 11.5 Å². The highest BCUT2D eigenvalue weighted by Crippen LogP contribution is 2.36. The van der Waals surface area contributed by atoms with Crippen LogP contribution in [0.1, 0.15) is 39.0 Å². The number of rotatable bonds is 5. The number of hydrogen-bond acceptors (Lipinski definition) is 4. The van der Waals surface area contributed by atoms with E-state index in [9.17, 15) is 0 Å². The number of fused-ring (bicyclic) bond motifs is 1. The van der Waals surface area contributed by atoms with Crippen molar-refractivity contribution in [3.05, 3.63) is 18.2 Å². The molecule has 0 aromatic heterocycles. The SMILES string of the molecule is CCCNC1CCCC(Oc2ccc3c(c2)OCO3)C1. The molecule has 1 aromatic carbocycles. The number of nitrogens with one attached hydrogen (secondary N) is 1. The van der Waals surface area contributed by atoms with Crippen molar-refractivity contribution in [1.82, 2.24) is 5.32 Å². The first-order valence-electron chi connectivity index (χ1n) is 7.65. The summed E-state index contributed by atoms with van der Waals surface area (Å²) in [5.74, 6) is 2.48. The number of ether oxygens (including phenoxy) is 3. The van der Waals surface area contributed by atoms with Crippen molar-refractivity contribution in [2.24, 2.45) is 0 Å². The minimum absolute atomic E-state index is 0.304. The normalized spacial score (nSPS) is 24.6. The molecule has 0 bridgehead atoms. The molecule has 0 amide bonds.